The minimum Gasteiger partial charge on any atom is -0.508 e. The molecule has 4 heteroatoms. The van der Waals surface area contributed by atoms with Crippen LogP contribution in [0.2, 0.25) is 0 Å². The molecule has 0 aliphatic heterocycles. The molecular formula is C8H10O3S. The molecule has 1 aromatic rings. The summed E-state index contributed by atoms with van der Waals surface area (Å²) in [6, 6.07) is 5.67. The van der Waals surface area contributed by atoms with Crippen molar-refractivity contribution in [2.24, 2.45) is 0 Å². The maximum Gasteiger partial charge on any atom is 0.178 e. The van der Waals surface area contributed by atoms with Gasteiger partial charge >= 0.3 is 0 Å². The number of benzene rings is 1. The van der Waals surface area contributed by atoms with E-state index >= 15 is 0 Å². The van der Waals surface area contributed by atoms with Gasteiger partial charge in [0.2, 0.25) is 0 Å². The van der Waals surface area contributed by atoms with Gasteiger partial charge in [0.25, 0.3) is 0 Å². The van der Waals surface area contributed by atoms with Gasteiger partial charge in [0.05, 0.1) is 10.6 Å². The van der Waals surface area contributed by atoms with Crippen LogP contribution in [-0.2, 0) is 9.84 Å². The van der Waals surface area contributed by atoms with Gasteiger partial charge in [-0.2, -0.15) is 0 Å². The van der Waals surface area contributed by atoms with E-state index in [4.69, 9.17) is 5.11 Å². The molecule has 3 nitrogen and oxygen atoms in total. The average Bonchev–Trinajstić information content (AvgIpc) is 2.05. The monoisotopic (exact) mass is 186 g/mol. The fraction of sp³-hybridized carbons (Fsp3) is 0.250. The van der Waals surface area contributed by atoms with Crippen molar-refractivity contribution in [2.45, 2.75) is 11.8 Å². The molecular weight excluding hydrogens is 176 g/mol. The Balaban J connectivity index is 3.21. The number of phenols is 1. The third-order valence-corrected chi connectivity index (χ3v) is 3.29. The number of rotatable bonds is 2. The van der Waals surface area contributed by atoms with Crippen LogP contribution in [0.25, 0.3) is 0 Å². The zero-order valence-corrected chi connectivity index (χ0v) is 7.50. The Labute approximate surface area is 71.6 Å². The Hall–Kier alpha value is -1.03. The van der Waals surface area contributed by atoms with Crippen LogP contribution in [0.5, 0.6) is 5.75 Å². The summed E-state index contributed by atoms with van der Waals surface area (Å²) in [6.45, 7) is 1.57. The molecule has 1 N–H and O–H groups in total. The number of hydrogen-bond acceptors (Lipinski definition) is 3. The third-order valence-electron chi connectivity index (χ3n) is 1.56. The lowest BCUT2D eigenvalue weighted by Crippen LogP contribution is -2.02. The molecule has 0 aromatic heterocycles. The maximum atomic E-state index is 11.2. The Kier molecular flexibility index (Phi) is 2.38. The molecule has 0 saturated heterocycles. The lowest BCUT2D eigenvalue weighted by atomic mass is 10.3. The molecule has 0 fully saturated rings. The summed E-state index contributed by atoms with van der Waals surface area (Å²) in [5, 5.41) is 9.01. The van der Waals surface area contributed by atoms with Gasteiger partial charge in [-0.15, -0.1) is 0 Å². The van der Waals surface area contributed by atoms with Gasteiger partial charge in [-0.05, 0) is 18.2 Å². The van der Waals surface area contributed by atoms with Crippen molar-refractivity contribution in [3.05, 3.63) is 24.3 Å². The highest BCUT2D eigenvalue weighted by Crippen LogP contribution is 2.16. The van der Waals surface area contributed by atoms with E-state index in [-0.39, 0.29) is 16.4 Å². The highest BCUT2D eigenvalue weighted by atomic mass is 32.2. The van der Waals surface area contributed by atoms with Crippen LogP contribution in [0.1, 0.15) is 6.92 Å². The molecule has 0 spiro atoms. The first-order valence-electron chi connectivity index (χ1n) is 3.58. The first kappa shape index (κ1) is 9.06. The molecule has 0 saturated carbocycles. The van der Waals surface area contributed by atoms with Crippen LogP contribution >= 0.6 is 0 Å². The zero-order chi connectivity index (χ0) is 9.19. The number of hydrogen-bond donors (Lipinski definition) is 1. The van der Waals surface area contributed by atoms with Gasteiger partial charge in [0.1, 0.15) is 5.75 Å². The van der Waals surface area contributed by atoms with E-state index in [2.05, 4.69) is 0 Å². The van der Waals surface area contributed by atoms with Crippen LogP contribution in [0, 0.1) is 0 Å². The summed E-state index contributed by atoms with van der Waals surface area (Å²) in [6.07, 6.45) is 0. The molecule has 0 atom stereocenters. The lowest BCUT2D eigenvalue weighted by Gasteiger charge is -2.00. The SMILES string of the molecule is CCS(=O)(=O)c1cccc(O)c1. The van der Waals surface area contributed by atoms with Gasteiger partial charge in [-0.3, -0.25) is 0 Å². The summed E-state index contributed by atoms with van der Waals surface area (Å²) >= 11 is 0. The third kappa shape index (κ3) is 1.76. The quantitative estimate of drug-likeness (QED) is 0.754. The average molecular weight is 186 g/mol. The van der Waals surface area contributed by atoms with Crippen molar-refractivity contribution >= 4 is 9.84 Å². The van der Waals surface area contributed by atoms with Crippen LogP contribution in [0.4, 0.5) is 0 Å². The molecule has 0 unspecified atom stereocenters. The molecule has 0 amide bonds. The second-order valence-corrected chi connectivity index (χ2v) is 4.68. The van der Waals surface area contributed by atoms with Gasteiger partial charge in [0.15, 0.2) is 9.84 Å². The van der Waals surface area contributed by atoms with Gasteiger partial charge in [-0.1, -0.05) is 13.0 Å². The van der Waals surface area contributed by atoms with Crippen molar-refractivity contribution in [2.75, 3.05) is 5.75 Å². The van der Waals surface area contributed by atoms with E-state index in [1.807, 2.05) is 0 Å². The van der Waals surface area contributed by atoms with Crippen molar-refractivity contribution in [3.63, 3.8) is 0 Å². The predicted molar refractivity (Wildman–Crippen MR) is 45.8 cm³/mol. The Morgan fingerprint density at radius 1 is 1.42 bits per heavy atom. The molecule has 12 heavy (non-hydrogen) atoms. The highest BCUT2D eigenvalue weighted by molar-refractivity contribution is 7.91. The van der Waals surface area contributed by atoms with E-state index in [1.54, 1.807) is 6.92 Å². The minimum atomic E-state index is -3.18. The standard InChI is InChI=1S/C8H10O3S/c1-2-12(10,11)8-5-3-4-7(9)6-8/h3-6,9H,2H2,1H3. The largest absolute Gasteiger partial charge is 0.508 e. The first-order valence-corrected chi connectivity index (χ1v) is 5.23. The summed E-state index contributed by atoms with van der Waals surface area (Å²) in [4.78, 5) is 0.171. The van der Waals surface area contributed by atoms with E-state index in [0.29, 0.717) is 0 Å². The molecule has 1 aromatic carbocycles. The smallest absolute Gasteiger partial charge is 0.178 e. The Bertz CT molecular complexity index is 368. The van der Waals surface area contributed by atoms with Crippen LogP contribution in [0.3, 0.4) is 0 Å². The topological polar surface area (TPSA) is 54.4 Å². The summed E-state index contributed by atoms with van der Waals surface area (Å²) in [5.74, 6) is 0.0284. The zero-order valence-electron chi connectivity index (χ0n) is 6.69. The second kappa shape index (κ2) is 3.15. The van der Waals surface area contributed by atoms with Crippen LogP contribution in [0.15, 0.2) is 29.2 Å². The molecule has 0 bridgehead atoms. The van der Waals surface area contributed by atoms with E-state index in [1.165, 1.54) is 24.3 Å². The summed E-state index contributed by atoms with van der Waals surface area (Å²) < 4.78 is 22.5. The summed E-state index contributed by atoms with van der Waals surface area (Å²) in [5.41, 5.74) is 0. The molecule has 0 aliphatic rings. The van der Waals surface area contributed by atoms with E-state index < -0.39 is 9.84 Å². The Morgan fingerprint density at radius 3 is 2.58 bits per heavy atom. The summed E-state index contributed by atoms with van der Waals surface area (Å²) in [7, 11) is -3.18. The molecule has 66 valence electrons. The van der Waals surface area contributed by atoms with Gasteiger partial charge in [-0.25, -0.2) is 8.42 Å². The fourth-order valence-electron chi connectivity index (χ4n) is 0.844. The maximum absolute atomic E-state index is 11.2. The highest BCUT2D eigenvalue weighted by Gasteiger charge is 2.10. The lowest BCUT2D eigenvalue weighted by molar-refractivity contribution is 0.473. The van der Waals surface area contributed by atoms with Crippen molar-refractivity contribution < 1.29 is 13.5 Å². The number of phenolic OH excluding ortho intramolecular Hbond substituents is 1. The van der Waals surface area contributed by atoms with Crippen molar-refractivity contribution in [1.82, 2.24) is 0 Å². The molecule has 0 heterocycles. The minimum absolute atomic E-state index is 0.0236. The molecule has 0 radical (unpaired) electrons. The second-order valence-electron chi connectivity index (χ2n) is 2.40. The van der Waals surface area contributed by atoms with E-state index in [9.17, 15) is 8.42 Å². The van der Waals surface area contributed by atoms with Crippen LogP contribution < -0.4 is 0 Å². The van der Waals surface area contributed by atoms with E-state index in [0.717, 1.165) is 0 Å². The molecule has 0 aliphatic carbocycles. The van der Waals surface area contributed by atoms with Crippen molar-refractivity contribution in [1.29, 1.82) is 0 Å². The van der Waals surface area contributed by atoms with Crippen molar-refractivity contribution in [3.8, 4) is 5.75 Å². The van der Waals surface area contributed by atoms with Gasteiger partial charge in [0, 0.05) is 0 Å². The number of aromatic hydroxyl groups is 1. The number of sulfone groups is 1. The first-order chi connectivity index (χ1) is 5.56. The van der Waals surface area contributed by atoms with Crippen LogP contribution in [-0.4, -0.2) is 19.3 Å². The van der Waals surface area contributed by atoms with Gasteiger partial charge < -0.3 is 5.11 Å². The Morgan fingerprint density at radius 2 is 2.08 bits per heavy atom. The fourth-order valence-corrected chi connectivity index (χ4v) is 1.76. The normalized spacial score (nSPS) is 11.4. The predicted octanol–water partition coefficient (Wildman–Crippen LogP) is 1.19. The molecule has 1 rings (SSSR count).